The topological polar surface area (TPSA) is 51.4 Å². The third-order valence-corrected chi connectivity index (χ3v) is 5.26. The molecule has 0 aliphatic rings. The molecule has 4 nitrogen and oxygen atoms in total. The van der Waals surface area contributed by atoms with E-state index >= 15 is 0 Å². The molecule has 2 aromatic heterocycles. The number of imidazole rings is 1. The summed E-state index contributed by atoms with van der Waals surface area (Å²) in [7, 11) is 1.74. The Hall–Kier alpha value is -0.590. The largest absolute Gasteiger partial charge is 0.279 e. The maximum atomic E-state index is 11.7. The van der Waals surface area contributed by atoms with Crippen LogP contribution in [0.25, 0.3) is 4.96 Å². The van der Waals surface area contributed by atoms with Gasteiger partial charge in [0.2, 0.25) is 0 Å². The molecule has 0 N–H and O–H groups in total. The number of rotatable bonds is 3. The third-order valence-electron chi connectivity index (χ3n) is 2.67. The summed E-state index contributed by atoms with van der Waals surface area (Å²) >= 11 is 1.50. The van der Waals surface area contributed by atoms with Gasteiger partial charge >= 0.3 is 0 Å². The van der Waals surface area contributed by atoms with Gasteiger partial charge in [-0.25, -0.2) is 13.4 Å². The molecule has 2 aromatic rings. The van der Waals surface area contributed by atoms with E-state index in [1.54, 1.807) is 4.40 Å². The van der Waals surface area contributed by atoms with E-state index in [0.717, 1.165) is 4.88 Å². The van der Waals surface area contributed by atoms with E-state index in [1.165, 1.54) is 11.3 Å². The maximum Gasteiger partial charge on any atom is 0.279 e. The Balaban J connectivity index is 2.79. The Morgan fingerprint density at radius 2 is 1.89 bits per heavy atom. The standard InChI is InChI=1S/C11H15ClN2O2S2/c1-6(2)8-5-14-10(18(12,15)16)9(7(3)4)13-11(14)17-8/h5-7H,1-4H3. The first-order valence-corrected chi connectivity index (χ1v) is 8.80. The molecule has 0 saturated carbocycles. The van der Waals surface area contributed by atoms with E-state index in [1.807, 2.05) is 20.0 Å². The summed E-state index contributed by atoms with van der Waals surface area (Å²) < 4.78 is 25.0. The molecule has 0 unspecified atom stereocenters. The predicted molar refractivity (Wildman–Crippen MR) is 74.3 cm³/mol. The van der Waals surface area contributed by atoms with Gasteiger partial charge in [0.1, 0.15) is 0 Å². The molecule has 0 aliphatic carbocycles. The average Bonchev–Trinajstić information content (AvgIpc) is 2.69. The molecule has 0 fully saturated rings. The third kappa shape index (κ3) is 2.29. The van der Waals surface area contributed by atoms with Crippen molar-refractivity contribution < 1.29 is 8.42 Å². The van der Waals surface area contributed by atoms with E-state index in [0.29, 0.717) is 16.6 Å². The fourth-order valence-corrected chi connectivity index (χ4v) is 4.16. The van der Waals surface area contributed by atoms with Crippen molar-refractivity contribution in [2.75, 3.05) is 0 Å². The number of nitrogens with zero attached hydrogens (tertiary/aromatic N) is 2. The Bertz CT molecular complexity index is 683. The summed E-state index contributed by atoms with van der Waals surface area (Å²) in [5.74, 6) is 0.355. The molecule has 18 heavy (non-hydrogen) atoms. The van der Waals surface area contributed by atoms with Gasteiger partial charge in [0.05, 0.1) is 5.69 Å². The Labute approximate surface area is 115 Å². The van der Waals surface area contributed by atoms with Crippen LogP contribution in [-0.2, 0) is 9.05 Å². The van der Waals surface area contributed by atoms with Gasteiger partial charge in [0.15, 0.2) is 9.99 Å². The number of hydrogen-bond donors (Lipinski definition) is 0. The minimum Gasteiger partial charge on any atom is -0.279 e. The van der Waals surface area contributed by atoms with Gasteiger partial charge < -0.3 is 0 Å². The number of thiazole rings is 1. The van der Waals surface area contributed by atoms with Gasteiger partial charge in [0.25, 0.3) is 9.05 Å². The molecule has 0 atom stereocenters. The van der Waals surface area contributed by atoms with E-state index < -0.39 is 9.05 Å². The number of fused-ring (bicyclic) bond motifs is 1. The SMILES string of the molecule is CC(C)c1cn2c(S(=O)(=O)Cl)c(C(C)C)nc2s1. The van der Waals surface area contributed by atoms with E-state index in [-0.39, 0.29) is 10.9 Å². The van der Waals surface area contributed by atoms with Crippen LogP contribution in [0.15, 0.2) is 11.2 Å². The summed E-state index contributed by atoms with van der Waals surface area (Å²) in [5, 5.41) is 0.109. The highest BCUT2D eigenvalue weighted by molar-refractivity contribution is 8.13. The van der Waals surface area contributed by atoms with Crippen LogP contribution in [0.3, 0.4) is 0 Å². The average molecular weight is 307 g/mol. The molecule has 0 bridgehead atoms. The minimum absolute atomic E-state index is 0.0168. The first-order chi connectivity index (χ1) is 8.21. The highest BCUT2D eigenvalue weighted by Gasteiger charge is 2.26. The number of halogens is 1. The van der Waals surface area contributed by atoms with Gasteiger partial charge in [-0.15, -0.1) is 11.3 Å². The fourth-order valence-electron chi connectivity index (χ4n) is 1.75. The quantitative estimate of drug-likeness (QED) is 0.815. The first kappa shape index (κ1) is 13.8. The second-order valence-electron chi connectivity index (χ2n) is 4.84. The van der Waals surface area contributed by atoms with Crippen molar-refractivity contribution in [1.29, 1.82) is 0 Å². The van der Waals surface area contributed by atoms with E-state index in [4.69, 9.17) is 10.7 Å². The van der Waals surface area contributed by atoms with Gasteiger partial charge in [-0.05, 0) is 11.8 Å². The zero-order chi connectivity index (χ0) is 13.7. The summed E-state index contributed by atoms with van der Waals surface area (Å²) in [4.78, 5) is 6.17. The monoisotopic (exact) mass is 306 g/mol. The summed E-state index contributed by atoms with van der Waals surface area (Å²) in [6.07, 6.45) is 1.82. The van der Waals surface area contributed by atoms with Crippen molar-refractivity contribution in [3.63, 3.8) is 0 Å². The number of hydrogen-bond acceptors (Lipinski definition) is 4. The van der Waals surface area contributed by atoms with Crippen molar-refractivity contribution in [3.05, 3.63) is 16.8 Å². The number of aromatic nitrogens is 2. The predicted octanol–water partition coefficient (Wildman–Crippen LogP) is 3.57. The molecule has 0 aromatic carbocycles. The summed E-state index contributed by atoms with van der Waals surface area (Å²) in [6, 6.07) is 0. The van der Waals surface area contributed by atoms with Crippen LogP contribution in [0.2, 0.25) is 0 Å². The van der Waals surface area contributed by atoms with Gasteiger partial charge in [-0.3, -0.25) is 4.40 Å². The van der Waals surface area contributed by atoms with Gasteiger partial charge in [0, 0.05) is 21.8 Å². The molecule has 0 amide bonds. The molecule has 0 radical (unpaired) electrons. The molecular weight excluding hydrogens is 292 g/mol. The van der Waals surface area contributed by atoms with Gasteiger partial charge in [-0.2, -0.15) is 0 Å². The lowest BCUT2D eigenvalue weighted by Gasteiger charge is -2.03. The van der Waals surface area contributed by atoms with Crippen molar-refractivity contribution >= 4 is 36.0 Å². The molecular formula is C11H15ClN2O2S2. The first-order valence-electron chi connectivity index (χ1n) is 5.68. The molecule has 7 heteroatoms. The highest BCUT2D eigenvalue weighted by Crippen LogP contribution is 2.33. The molecule has 0 aliphatic heterocycles. The lowest BCUT2D eigenvalue weighted by atomic mass is 10.1. The smallest absolute Gasteiger partial charge is 0.279 e. The molecule has 0 saturated heterocycles. The Morgan fingerprint density at radius 3 is 2.33 bits per heavy atom. The normalized spacial score (nSPS) is 13.1. The molecule has 2 rings (SSSR count). The summed E-state index contributed by atoms with van der Waals surface area (Å²) in [6.45, 7) is 7.93. The zero-order valence-corrected chi connectivity index (χ0v) is 13.0. The zero-order valence-electron chi connectivity index (χ0n) is 10.6. The van der Waals surface area contributed by atoms with Crippen molar-refractivity contribution in [1.82, 2.24) is 9.38 Å². The van der Waals surface area contributed by atoms with Crippen LogP contribution in [0.4, 0.5) is 0 Å². The van der Waals surface area contributed by atoms with E-state index in [9.17, 15) is 8.42 Å². The van der Waals surface area contributed by atoms with Crippen molar-refractivity contribution in [2.45, 2.75) is 44.6 Å². The van der Waals surface area contributed by atoms with Crippen molar-refractivity contribution in [3.8, 4) is 0 Å². The second kappa shape index (κ2) is 4.51. The molecule has 2 heterocycles. The van der Waals surface area contributed by atoms with Crippen LogP contribution in [0.5, 0.6) is 0 Å². The molecule has 100 valence electrons. The van der Waals surface area contributed by atoms with Crippen LogP contribution in [0.1, 0.15) is 50.1 Å². The lowest BCUT2D eigenvalue weighted by molar-refractivity contribution is 0.601. The minimum atomic E-state index is -3.79. The Kier molecular flexibility index (Phi) is 3.46. The van der Waals surface area contributed by atoms with Crippen LogP contribution in [-0.4, -0.2) is 17.8 Å². The van der Waals surface area contributed by atoms with Crippen LogP contribution in [0, 0.1) is 0 Å². The maximum absolute atomic E-state index is 11.7. The summed E-state index contributed by atoms with van der Waals surface area (Å²) in [5.41, 5.74) is 0.534. The Morgan fingerprint density at radius 1 is 1.28 bits per heavy atom. The fraction of sp³-hybridized carbons (Fsp3) is 0.545. The van der Waals surface area contributed by atoms with E-state index in [2.05, 4.69) is 18.8 Å². The van der Waals surface area contributed by atoms with Crippen LogP contribution < -0.4 is 0 Å². The van der Waals surface area contributed by atoms with Crippen molar-refractivity contribution in [2.24, 2.45) is 0 Å². The highest BCUT2D eigenvalue weighted by atomic mass is 35.7. The lowest BCUT2D eigenvalue weighted by Crippen LogP contribution is -2.02. The molecule has 0 spiro atoms. The van der Waals surface area contributed by atoms with Crippen LogP contribution >= 0.6 is 22.0 Å². The second-order valence-corrected chi connectivity index (χ2v) is 8.36. The van der Waals surface area contributed by atoms with Gasteiger partial charge in [-0.1, -0.05) is 27.7 Å².